The second kappa shape index (κ2) is 7.84. The number of carbonyl (C=O) groups excluding carboxylic acids is 1. The highest BCUT2D eigenvalue weighted by atomic mass is 16.5. The van der Waals surface area contributed by atoms with Gasteiger partial charge in [0, 0.05) is 18.0 Å². The Balaban J connectivity index is 1.51. The van der Waals surface area contributed by atoms with Gasteiger partial charge in [-0.1, -0.05) is 48.5 Å². The minimum atomic E-state index is -0.0450. The molecule has 0 bridgehead atoms. The normalized spacial score (nSPS) is 11.0. The summed E-state index contributed by atoms with van der Waals surface area (Å²) in [7, 11) is 1.65. The first-order chi connectivity index (χ1) is 13.7. The molecule has 0 saturated carbocycles. The summed E-state index contributed by atoms with van der Waals surface area (Å²) in [6.45, 7) is 0. The zero-order valence-corrected chi connectivity index (χ0v) is 15.4. The molecular weight excluding hydrogens is 348 g/mol. The number of hydrogen-bond donors (Lipinski definition) is 0. The molecule has 0 unspecified atom stereocenters. The Labute approximate surface area is 163 Å². The average molecular weight is 366 g/mol. The van der Waals surface area contributed by atoms with Crippen LogP contribution in [0.3, 0.4) is 0 Å². The number of hydrogen-bond acceptors (Lipinski definition) is 4. The van der Waals surface area contributed by atoms with E-state index in [4.69, 9.17) is 4.74 Å². The molecule has 0 atom stereocenters. The molecule has 0 aliphatic rings. The predicted molar refractivity (Wildman–Crippen MR) is 111 cm³/mol. The topological polar surface area (TPSA) is 52.1 Å². The standard InChI is InChI=1S/C24H18N2O2/c1-28-21-4-2-3-20(16-21)18-7-9-19(10-8-18)24(27)12-6-17-5-11-22-23(15-17)26-14-13-25-22/h2-16H,1H3/b12-6+. The number of methoxy groups -OCH3 is 1. The van der Waals surface area contributed by atoms with E-state index in [0.717, 1.165) is 33.5 Å². The molecule has 0 aliphatic heterocycles. The lowest BCUT2D eigenvalue weighted by Crippen LogP contribution is -1.94. The molecule has 0 amide bonds. The van der Waals surface area contributed by atoms with Crippen molar-refractivity contribution in [3.8, 4) is 16.9 Å². The summed E-state index contributed by atoms with van der Waals surface area (Å²) in [5, 5.41) is 0. The maximum atomic E-state index is 12.5. The van der Waals surface area contributed by atoms with E-state index in [2.05, 4.69) is 9.97 Å². The van der Waals surface area contributed by atoms with Crippen LogP contribution in [0.25, 0.3) is 28.2 Å². The van der Waals surface area contributed by atoms with E-state index < -0.39 is 0 Å². The molecule has 28 heavy (non-hydrogen) atoms. The fraction of sp³-hybridized carbons (Fsp3) is 0.0417. The SMILES string of the molecule is COc1cccc(-c2ccc(C(=O)/C=C/c3ccc4nccnc4c3)cc2)c1. The number of carbonyl (C=O) groups is 1. The fourth-order valence-electron chi connectivity index (χ4n) is 2.98. The number of ketones is 1. The van der Waals surface area contributed by atoms with Crippen molar-refractivity contribution >= 4 is 22.9 Å². The first-order valence-electron chi connectivity index (χ1n) is 8.90. The highest BCUT2D eigenvalue weighted by Crippen LogP contribution is 2.24. The zero-order valence-electron chi connectivity index (χ0n) is 15.4. The Morgan fingerprint density at radius 1 is 0.857 bits per heavy atom. The van der Waals surface area contributed by atoms with Crippen LogP contribution < -0.4 is 4.74 Å². The predicted octanol–water partition coefficient (Wildman–Crippen LogP) is 5.20. The van der Waals surface area contributed by atoms with E-state index in [1.807, 2.05) is 66.7 Å². The Kier molecular flexibility index (Phi) is 4.93. The van der Waals surface area contributed by atoms with E-state index >= 15 is 0 Å². The van der Waals surface area contributed by atoms with Crippen molar-refractivity contribution < 1.29 is 9.53 Å². The van der Waals surface area contributed by atoms with Crippen LogP contribution in [0.2, 0.25) is 0 Å². The largest absolute Gasteiger partial charge is 0.497 e. The second-order valence-electron chi connectivity index (χ2n) is 6.31. The van der Waals surface area contributed by atoms with Gasteiger partial charge >= 0.3 is 0 Å². The molecule has 3 aromatic carbocycles. The lowest BCUT2D eigenvalue weighted by atomic mass is 10.0. The van der Waals surface area contributed by atoms with Crippen molar-refractivity contribution in [3.05, 3.63) is 96.3 Å². The van der Waals surface area contributed by atoms with Gasteiger partial charge in [0.15, 0.2) is 5.78 Å². The number of allylic oxidation sites excluding steroid dienone is 1. The van der Waals surface area contributed by atoms with Gasteiger partial charge in [-0.2, -0.15) is 0 Å². The quantitative estimate of drug-likeness (QED) is 0.360. The van der Waals surface area contributed by atoms with Gasteiger partial charge in [-0.3, -0.25) is 14.8 Å². The summed E-state index contributed by atoms with van der Waals surface area (Å²) in [5.74, 6) is 0.761. The van der Waals surface area contributed by atoms with Gasteiger partial charge in [0.25, 0.3) is 0 Å². The summed E-state index contributed by atoms with van der Waals surface area (Å²) < 4.78 is 5.27. The van der Waals surface area contributed by atoms with Crippen molar-refractivity contribution in [1.29, 1.82) is 0 Å². The van der Waals surface area contributed by atoms with Gasteiger partial charge in [-0.05, 0) is 47.0 Å². The van der Waals surface area contributed by atoms with Crippen LogP contribution in [0, 0.1) is 0 Å². The molecule has 4 heteroatoms. The van der Waals surface area contributed by atoms with Crippen LogP contribution in [0.4, 0.5) is 0 Å². The third-order valence-electron chi connectivity index (χ3n) is 4.49. The Bertz CT molecular complexity index is 1160. The van der Waals surface area contributed by atoms with E-state index in [1.165, 1.54) is 0 Å². The molecule has 1 aromatic heterocycles. The minimum Gasteiger partial charge on any atom is -0.497 e. The van der Waals surface area contributed by atoms with Gasteiger partial charge < -0.3 is 4.74 Å². The molecule has 0 spiro atoms. The van der Waals surface area contributed by atoms with Gasteiger partial charge in [-0.25, -0.2) is 0 Å². The number of ether oxygens (including phenoxy) is 1. The molecule has 0 N–H and O–H groups in total. The maximum Gasteiger partial charge on any atom is 0.185 e. The summed E-state index contributed by atoms with van der Waals surface area (Å²) in [6.07, 6.45) is 6.70. The summed E-state index contributed by atoms with van der Waals surface area (Å²) in [4.78, 5) is 21.0. The lowest BCUT2D eigenvalue weighted by Gasteiger charge is -2.05. The smallest absolute Gasteiger partial charge is 0.185 e. The number of benzene rings is 3. The van der Waals surface area contributed by atoms with Gasteiger partial charge in [-0.15, -0.1) is 0 Å². The average Bonchev–Trinajstić information content (AvgIpc) is 2.77. The van der Waals surface area contributed by atoms with Crippen molar-refractivity contribution in [2.24, 2.45) is 0 Å². The van der Waals surface area contributed by atoms with E-state index in [-0.39, 0.29) is 5.78 Å². The molecule has 0 aliphatic carbocycles. The maximum absolute atomic E-state index is 12.5. The van der Waals surface area contributed by atoms with Gasteiger partial charge in [0.1, 0.15) is 5.75 Å². The molecule has 1 heterocycles. The molecule has 136 valence electrons. The molecule has 0 fully saturated rings. The number of nitrogens with zero attached hydrogens (tertiary/aromatic N) is 2. The summed E-state index contributed by atoms with van der Waals surface area (Å²) in [6, 6.07) is 21.2. The molecule has 0 radical (unpaired) electrons. The molecule has 4 aromatic rings. The van der Waals surface area contributed by atoms with Crippen LogP contribution in [0.15, 0.2) is 85.2 Å². The third-order valence-corrected chi connectivity index (χ3v) is 4.49. The summed E-state index contributed by atoms with van der Waals surface area (Å²) in [5.41, 5.74) is 5.27. The number of fused-ring (bicyclic) bond motifs is 1. The van der Waals surface area contributed by atoms with Crippen LogP contribution in [-0.4, -0.2) is 22.9 Å². The van der Waals surface area contributed by atoms with E-state index in [1.54, 1.807) is 31.7 Å². The second-order valence-corrected chi connectivity index (χ2v) is 6.31. The summed E-state index contributed by atoms with van der Waals surface area (Å²) >= 11 is 0. The zero-order chi connectivity index (χ0) is 19.3. The van der Waals surface area contributed by atoms with Crippen molar-refractivity contribution in [2.75, 3.05) is 7.11 Å². The molecule has 0 saturated heterocycles. The van der Waals surface area contributed by atoms with E-state index in [9.17, 15) is 4.79 Å². The van der Waals surface area contributed by atoms with Gasteiger partial charge in [0.05, 0.1) is 18.1 Å². The molecular formula is C24H18N2O2. The van der Waals surface area contributed by atoms with E-state index in [0.29, 0.717) is 5.56 Å². The highest BCUT2D eigenvalue weighted by Gasteiger charge is 2.04. The first kappa shape index (κ1) is 17.6. The minimum absolute atomic E-state index is 0.0450. The monoisotopic (exact) mass is 366 g/mol. The van der Waals surface area contributed by atoms with Crippen molar-refractivity contribution in [2.45, 2.75) is 0 Å². The third kappa shape index (κ3) is 3.81. The van der Waals surface area contributed by atoms with Crippen LogP contribution >= 0.6 is 0 Å². The lowest BCUT2D eigenvalue weighted by molar-refractivity contribution is 0.104. The Hall–Kier alpha value is -3.79. The van der Waals surface area contributed by atoms with Crippen LogP contribution in [0.5, 0.6) is 5.75 Å². The Morgan fingerprint density at radius 2 is 1.64 bits per heavy atom. The fourth-order valence-corrected chi connectivity index (χ4v) is 2.98. The Morgan fingerprint density at radius 3 is 2.43 bits per heavy atom. The van der Waals surface area contributed by atoms with Crippen molar-refractivity contribution in [1.82, 2.24) is 9.97 Å². The first-order valence-corrected chi connectivity index (χ1v) is 8.90. The molecule has 4 nitrogen and oxygen atoms in total. The highest BCUT2D eigenvalue weighted by molar-refractivity contribution is 6.07. The van der Waals surface area contributed by atoms with Crippen LogP contribution in [-0.2, 0) is 0 Å². The number of rotatable bonds is 5. The van der Waals surface area contributed by atoms with Crippen LogP contribution in [0.1, 0.15) is 15.9 Å². The van der Waals surface area contributed by atoms with Gasteiger partial charge in [0.2, 0.25) is 0 Å². The van der Waals surface area contributed by atoms with Crippen molar-refractivity contribution in [3.63, 3.8) is 0 Å². The molecule has 4 rings (SSSR count). The number of aromatic nitrogens is 2.